The molecule has 1 aromatic heterocycles. The zero-order chi connectivity index (χ0) is 7.56. The van der Waals surface area contributed by atoms with Crippen molar-refractivity contribution in [3.8, 4) is 0 Å². The van der Waals surface area contributed by atoms with Crippen molar-refractivity contribution in [2.45, 2.75) is 6.42 Å². The maximum Gasteiger partial charge on any atom is 0.307 e. The third-order valence-corrected chi connectivity index (χ3v) is 1.52. The molecule has 54 valence electrons. The van der Waals surface area contributed by atoms with Crippen LogP contribution in [0.4, 0.5) is 0 Å². The molecule has 10 heavy (non-hydrogen) atoms. The summed E-state index contributed by atoms with van der Waals surface area (Å²) >= 11 is 3.17. The van der Waals surface area contributed by atoms with Gasteiger partial charge in [0.05, 0.1) is 11.0 Å². The van der Waals surface area contributed by atoms with E-state index in [-0.39, 0.29) is 6.42 Å². The third-order valence-electron chi connectivity index (χ3n) is 1.06. The van der Waals surface area contributed by atoms with Gasteiger partial charge in [0.1, 0.15) is 0 Å². The smallest absolute Gasteiger partial charge is 0.307 e. The SMILES string of the molecule is O=C(O)Cc1c[nH]c(Br)c1. The van der Waals surface area contributed by atoms with Crippen LogP contribution >= 0.6 is 15.9 Å². The zero-order valence-corrected chi connectivity index (χ0v) is 6.68. The first-order valence-electron chi connectivity index (χ1n) is 2.73. The Hall–Kier alpha value is -0.770. The van der Waals surface area contributed by atoms with Crippen molar-refractivity contribution in [3.63, 3.8) is 0 Å². The molecule has 0 spiro atoms. The van der Waals surface area contributed by atoms with Gasteiger partial charge in [0.25, 0.3) is 0 Å². The minimum Gasteiger partial charge on any atom is -0.481 e. The highest BCUT2D eigenvalue weighted by Gasteiger charge is 2.00. The molecule has 1 heterocycles. The quantitative estimate of drug-likeness (QED) is 0.764. The van der Waals surface area contributed by atoms with Crippen molar-refractivity contribution in [3.05, 3.63) is 22.4 Å². The molecule has 0 aliphatic heterocycles. The van der Waals surface area contributed by atoms with Crippen LogP contribution < -0.4 is 0 Å². The van der Waals surface area contributed by atoms with Gasteiger partial charge in [0, 0.05) is 6.20 Å². The second-order valence-corrected chi connectivity index (χ2v) is 2.78. The van der Waals surface area contributed by atoms with Gasteiger partial charge in [-0.25, -0.2) is 0 Å². The average Bonchev–Trinajstić information content (AvgIpc) is 2.13. The van der Waals surface area contributed by atoms with Gasteiger partial charge in [-0.1, -0.05) is 0 Å². The Morgan fingerprint density at radius 2 is 2.50 bits per heavy atom. The Bertz CT molecular complexity index is 244. The highest BCUT2D eigenvalue weighted by molar-refractivity contribution is 9.10. The second kappa shape index (κ2) is 2.88. The molecule has 4 heteroatoms. The highest BCUT2D eigenvalue weighted by atomic mass is 79.9. The molecule has 2 N–H and O–H groups in total. The average molecular weight is 204 g/mol. The van der Waals surface area contributed by atoms with Gasteiger partial charge < -0.3 is 10.1 Å². The molecule has 0 fully saturated rings. The zero-order valence-electron chi connectivity index (χ0n) is 5.10. The Balaban J connectivity index is 2.67. The van der Waals surface area contributed by atoms with Crippen molar-refractivity contribution >= 4 is 21.9 Å². The van der Waals surface area contributed by atoms with Crippen LogP contribution in [0.5, 0.6) is 0 Å². The first-order chi connectivity index (χ1) is 4.68. The van der Waals surface area contributed by atoms with E-state index in [0.29, 0.717) is 0 Å². The van der Waals surface area contributed by atoms with Crippen molar-refractivity contribution in [2.24, 2.45) is 0 Å². The summed E-state index contributed by atoms with van der Waals surface area (Å²) in [5.41, 5.74) is 0.777. The monoisotopic (exact) mass is 203 g/mol. The Kier molecular flexibility index (Phi) is 2.11. The van der Waals surface area contributed by atoms with Crippen LogP contribution in [0.15, 0.2) is 16.9 Å². The summed E-state index contributed by atoms with van der Waals surface area (Å²) in [6.45, 7) is 0. The van der Waals surface area contributed by atoms with Crippen LogP contribution in [0.1, 0.15) is 5.56 Å². The van der Waals surface area contributed by atoms with Crippen molar-refractivity contribution in [2.75, 3.05) is 0 Å². The fourth-order valence-corrected chi connectivity index (χ4v) is 1.09. The normalized spacial score (nSPS) is 9.70. The summed E-state index contributed by atoms with van der Waals surface area (Å²) in [5, 5.41) is 8.35. The fraction of sp³-hybridized carbons (Fsp3) is 0.167. The van der Waals surface area contributed by atoms with Crippen LogP contribution in [0, 0.1) is 0 Å². The van der Waals surface area contributed by atoms with E-state index >= 15 is 0 Å². The molecule has 0 radical (unpaired) electrons. The molecule has 0 aliphatic rings. The number of carboxylic acids is 1. The number of halogens is 1. The minimum absolute atomic E-state index is 0.0715. The summed E-state index contributed by atoms with van der Waals surface area (Å²) in [5.74, 6) is -0.813. The second-order valence-electron chi connectivity index (χ2n) is 1.93. The number of aromatic nitrogens is 1. The molecule has 0 aromatic carbocycles. The fourth-order valence-electron chi connectivity index (χ4n) is 0.684. The van der Waals surface area contributed by atoms with Gasteiger partial charge in [0.2, 0.25) is 0 Å². The predicted octanol–water partition coefficient (Wildman–Crippen LogP) is 1.40. The van der Waals surface area contributed by atoms with Crippen LogP contribution in [0.25, 0.3) is 0 Å². The molecular formula is C6H6BrNO2. The summed E-state index contributed by atoms with van der Waals surface area (Å²) in [6, 6.07) is 1.74. The van der Waals surface area contributed by atoms with Crippen LogP contribution in [0.2, 0.25) is 0 Å². The summed E-state index contributed by atoms with van der Waals surface area (Å²) in [7, 11) is 0. The number of aromatic amines is 1. The van der Waals surface area contributed by atoms with Gasteiger partial charge >= 0.3 is 5.97 Å². The molecule has 0 saturated carbocycles. The van der Waals surface area contributed by atoms with Gasteiger partial charge in [-0.2, -0.15) is 0 Å². The van der Waals surface area contributed by atoms with Crippen molar-refractivity contribution < 1.29 is 9.90 Å². The van der Waals surface area contributed by atoms with Gasteiger partial charge in [-0.15, -0.1) is 0 Å². The molecular weight excluding hydrogens is 198 g/mol. The molecule has 0 unspecified atom stereocenters. The minimum atomic E-state index is -0.813. The number of aliphatic carboxylic acids is 1. The van der Waals surface area contributed by atoms with E-state index in [1.54, 1.807) is 12.3 Å². The van der Waals surface area contributed by atoms with E-state index in [9.17, 15) is 4.79 Å². The number of nitrogens with one attached hydrogen (secondary N) is 1. The van der Waals surface area contributed by atoms with E-state index in [1.165, 1.54) is 0 Å². The predicted molar refractivity (Wildman–Crippen MR) is 39.8 cm³/mol. The number of hydrogen-bond acceptors (Lipinski definition) is 1. The number of H-pyrrole nitrogens is 1. The first kappa shape index (κ1) is 7.34. The summed E-state index contributed by atoms with van der Waals surface area (Å²) in [6.07, 6.45) is 1.74. The summed E-state index contributed by atoms with van der Waals surface area (Å²) < 4.78 is 0.809. The number of carbonyl (C=O) groups is 1. The molecule has 1 rings (SSSR count). The lowest BCUT2D eigenvalue weighted by atomic mass is 10.2. The maximum atomic E-state index is 10.1. The lowest BCUT2D eigenvalue weighted by Crippen LogP contribution is -1.97. The summed E-state index contributed by atoms with van der Waals surface area (Å²) in [4.78, 5) is 13.0. The van der Waals surface area contributed by atoms with E-state index < -0.39 is 5.97 Å². The highest BCUT2D eigenvalue weighted by Crippen LogP contribution is 2.09. The van der Waals surface area contributed by atoms with Gasteiger partial charge in [-0.3, -0.25) is 4.79 Å². The van der Waals surface area contributed by atoms with E-state index in [4.69, 9.17) is 5.11 Å². The Labute approximate surface area is 66.2 Å². The molecule has 0 atom stereocenters. The lowest BCUT2D eigenvalue weighted by Gasteiger charge is -1.85. The van der Waals surface area contributed by atoms with Crippen LogP contribution in [-0.4, -0.2) is 16.1 Å². The molecule has 1 aromatic rings. The number of rotatable bonds is 2. The van der Waals surface area contributed by atoms with Crippen molar-refractivity contribution in [1.29, 1.82) is 0 Å². The Morgan fingerprint density at radius 3 is 2.90 bits per heavy atom. The lowest BCUT2D eigenvalue weighted by molar-refractivity contribution is -0.136. The van der Waals surface area contributed by atoms with Crippen LogP contribution in [0.3, 0.4) is 0 Å². The van der Waals surface area contributed by atoms with Crippen LogP contribution in [-0.2, 0) is 11.2 Å². The Morgan fingerprint density at radius 1 is 1.80 bits per heavy atom. The molecule has 3 nitrogen and oxygen atoms in total. The number of hydrogen-bond donors (Lipinski definition) is 2. The largest absolute Gasteiger partial charge is 0.481 e. The molecule has 0 saturated heterocycles. The standard InChI is InChI=1S/C6H6BrNO2/c7-5-1-4(3-8-5)2-6(9)10/h1,3,8H,2H2,(H,9,10). The van der Waals surface area contributed by atoms with E-state index in [2.05, 4.69) is 20.9 Å². The third kappa shape index (κ3) is 1.88. The van der Waals surface area contributed by atoms with E-state index in [1.807, 2.05) is 0 Å². The first-order valence-corrected chi connectivity index (χ1v) is 3.52. The maximum absolute atomic E-state index is 10.1. The van der Waals surface area contributed by atoms with Crippen molar-refractivity contribution in [1.82, 2.24) is 4.98 Å². The number of carboxylic acid groups (broad SMARTS) is 1. The van der Waals surface area contributed by atoms with E-state index in [0.717, 1.165) is 10.2 Å². The van der Waals surface area contributed by atoms with Gasteiger partial charge in [-0.05, 0) is 27.6 Å². The molecule has 0 aliphatic carbocycles. The molecule has 0 amide bonds. The van der Waals surface area contributed by atoms with Gasteiger partial charge in [0.15, 0.2) is 0 Å². The topological polar surface area (TPSA) is 53.1 Å². The molecule has 0 bridgehead atoms.